The van der Waals surface area contributed by atoms with Crippen LogP contribution in [0.1, 0.15) is 40.5 Å². The Balaban J connectivity index is 3.03. The van der Waals surface area contributed by atoms with Crippen LogP contribution in [0, 0.1) is 11.8 Å². The molecular formula is C20H42O6. The van der Waals surface area contributed by atoms with E-state index in [0.717, 1.165) is 26.1 Å². The second-order valence-corrected chi connectivity index (χ2v) is 6.63. The minimum atomic E-state index is 0.575. The van der Waals surface area contributed by atoms with Crippen molar-refractivity contribution in [3.05, 3.63) is 0 Å². The largest absolute Gasteiger partial charge is 0.379 e. The van der Waals surface area contributed by atoms with Gasteiger partial charge in [-0.05, 0) is 11.8 Å². The topological polar surface area (TPSA) is 55.4 Å². The summed E-state index contributed by atoms with van der Waals surface area (Å²) >= 11 is 0. The Bertz CT molecular complexity index is 239. The van der Waals surface area contributed by atoms with Gasteiger partial charge in [-0.3, -0.25) is 0 Å². The molecule has 158 valence electrons. The lowest BCUT2D eigenvalue weighted by Crippen LogP contribution is -2.15. The molecule has 0 amide bonds. The third kappa shape index (κ3) is 20.1. The maximum Gasteiger partial charge on any atom is 0.0701 e. The van der Waals surface area contributed by atoms with Crippen molar-refractivity contribution in [2.75, 3.05) is 79.3 Å². The first-order valence-corrected chi connectivity index (χ1v) is 10.2. The predicted molar refractivity (Wildman–Crippen MR) is 104 cm³/mol. The van der Waals surface area contributed by atoms with Crippen LogP contribution in [0.5, 0.6) is 0 Å². The average molecular weight is 379 g/mol. The highest BCUT2D eigenvalue weighted by Crippen LogP contribution is 2.00. The molecule has 6 nitrogen and oxygen atoms in total. The van der Waals surface area contributed by atoms with Crippen LogP contribution in [0.3, 0.4) is 0 Å². The molecule has 0 aromatic carbocycles. The minimum Gasteiger partial charge on any atom is -0.379 e. The number of hydrogen-bond acceptors (Lipinski definition) is 6. The molecule has 0 bridgehead atoms. The van der Waals surface area contributed by atoms with E-state index in [9.17, 15) is 0 Å². The van der Waals surface area contributed by atoms with Crippen molar-refractivity contribution in [3.8, 4) is 0 Å². The molecule has 0 fully saturated rings. The summed E-state index contributed by atoms with van der Waals surface area (Å²) in [6.07, 6.45) is 2.30. The van der Waals surface area contributed by atoms with Gasteiger partial charge in [0.05, 0.1) is 66.1 Å². The summed E-state index contributed by atoms with van der Waals surface area (Å²) in [6.45, 7) is 16.4. The van der Waals surface area contributed by atoms with Crippen LogP contribution < -0.4 is 0 Å². The molecule has 0 rings (SSSR count). The molecule has 26 heavy (non-hydrogen) atoms. The Hall–Kier alpha value is -0.240. The third-order valence-electron chi connectivity index (χ3n) is 4.06. The van der Waals surface area contributed by atoms with Gasteiger partial charge in [0.15, 0.2) is 0 Å². The Kier molecular flexibility index (Phi) is 20.9. The lowest BCUT2D eigenvalue weighted by molar-refractivity contribution is -0.0194. The molecule has 2 unspecified atom stereocenters. The average Bonchev–Trinajstić information content (AvgIpc) is 2.66. The fourth-order valence-corrected chi connectivity index (χ4v) is 1.80. The molecule has 2 atom stereocenters. The number of ether oxygens (including phenoxy) is 6. The van der Waals surface area contributed by atoms with E-state index in [4.69, 9.17) is 28.4 Å². The molecule has 0 spiro atoms. The zero-order valence-electron chi connectivity index (χ0n) is 17.5. The van der Waals surface area contributed by atoms with Crippen molar-refractivity contribution in [1.29, 1.82) is 0 Å². The standard InChI is InChI=1S/C20H42O6/c1-5-19(3)17-25-15-13-23-11-9-21-7-8-22-10-12-24-14-16-26-18-20(4)6-2/h19-20H,5-18H2,1-4H3. The summed E-state index contributed by atoms with van der Waals surface area (Å²) in [5.74, 6) is 1.23. The molecule has 0 N–H and O–H groups in total. The van der Waals surface area contributed by atoms with Crippen LogP contribution in [0.25, 0.3) is 0 Å². The Labute approximate surface area is 160 Å². The quantitative estimate of drug-likeness (QED) is 0.286. The maximum absolute atomic E-state index is 5.51. The Morgan fingerprint density at radius 2 is 0.654 bits per heavy atom. The van der Waals surface area contributed by atoms with Gasteiger partial charge in [0.1, 0.15) is 0 Å². The van der Waals surface area contributed by atoms with Gasteiger partial charge in [0.25, 0.3) is 0 Å². The molecule has 0 aliphatic rings. The highest BCUT2D eigenvalue weighted by atomic mass is 16.6. The minimum absolute atomic E-state index is 0.575. The summed E-state index contributed by atoms with van der Waals surface area (Å²) in [5.41, 5.74) is 0. The smallest absolute Gasteiger partial charge is 0.0701 e. The van der Waals surface area contributed by atoms with Crippen molar-refractivity contribution in [1.82, 2.24) is 0 Å². The van der Waals surface area contributed by atoms with Gasteiger partial charge in [-0.1, -0.05) is 40.5 Å². The normalized spacial score (nSPS) is 13.8. The summed E-state index contributed by atoms with van der Waals surface area (Å²) in [4.78, 5) is 0. The molecule has 0 aromatic heterocycles. The van der Waals surface area contributed by atoms with Crippen molar-refractivity contribution in [3.63, 3.8) is 0 Å². The molecule has 6 heteroatoms. The molecule has 0 heterocycles. The van der Waals surface area contributed by atoms with Crippen molar-refractivity contribution < 1.29 is 28.4 Å². The summed E-state index contributed by atoms with van der Waals surface area (Å²) in [5, 5.41) is 0. The zero-order chi connectivity index (χ0) is 19.3. The lowest BCUT2D eigenvalue weighted by atomic mass is 10.1. The molecule has 0 radical (unpaired) electrons. The SMILES string of the molecule is CCC(C)COCCOCCOCCOCCOCCOCC(C)CC. The molecular weight excluding hydrogens is 336 g/mol. The molecule has 0 aliphatic carbocycles. The van der Waals surface area contributed by atoms with Crippen molar-refractivity contribution in [2.24, 2.45) is 11.8 Å². The number of rotatable bonds is 21. The predicted octanol–water partition coefficient (Wildman–Crippen LogP) is 3.18. The number of hydrogen-bond donors (Lipinski definition) is 0. The molecule has 0 aliphatic heterocycles. The van der Waals surface area contributed by atoms with Gasteiger partial charge < -0.3 is 28.4 Å². The van der Waals surface area contributed by atoms with Crippen LogP contribution in [0.2, 0.25) is 0 Å². The van der Waals surface area contributed by atoms with Crippen LogP contribution in [-0.4, -0.2) is 79.3 Å². The van der Waals surface area contributed by atoms with E-state index in [1.165, 1.54) is 0 Å². The van der Waals surface area contributed by atoms with Gasteiger partial charge in [-0.25, -0.2) is 0 Å². The van der Waals surface area contributed by atoms with Gasteiger partial charge >= 0.3 is 0 Å². The van der Waals surface area contributed by atoms with Crippen LogP contribution in [0.15, 0.2) is 0 Å². The lowest BCUT2D eigenvalue weighted by Gasteiger charge is -2.10. The van der Waals surface area contributed by atoms with E-state index >= 15 is 0 Å². The first-order valence-electron chi connectivity index (χ1n) is 10.2. The summed E-state index contributed by atoms with van der Waals surface area (Å²) < 4.78 is 32.8. The van der Waals surface area contributed by atoms with Gasteiger partial charge in [-0.15, -0.1) is 0 Å². The molecule has 0 saturated heterocycles. The van der Waals surface area contributed by atoms with E-state index in [1.807, 2.05) is 0 Å². The molecule has 0 aromatic rings. The van der Waals surface area contributed by atoms with Crippen LogP contribution in [-0.2, 0) is 28.4 Å². The van der Waals surface area contributed by atoms with Crippen molar-refractivity contribution >= 4 is 0 Å². The van der Waals surface area contributed by atoms with E-state index in [0.29, 0.717) is 77.9 Å². The van der Waals surface area contributed by atoms with Gasteiger partial charge in [0.2, 0.25) is 0 Å². The monoisotopic (exact) mass is 378 g/mol. The van der Waals surface area contributed by atoms with Crippen LogP contribution >= 0.6 is 0 Å². The maximum atomic E-state index is 5.51. The van der Waals surface area contributed by atoms with Crippen LogP contribution in [0.4, 0.5) is 0 Å². The first-order chi connectivity index (χ1) is 12.7. The fraction of sp³-hybridized carbons (Fsp3) is 1.00. The summed E-state index contributed by atoms with van der Waals surface area (Å²) in [6, 6.07) is 0. The van der Waals surface area contributed by atoms with E-state index in [-0.39, 0.29) is 0 Å². The second-order valence-electron chi connectivity index (χ2n) is 6.63. The zero-order valence-corrected chi connectivity index (χ0v) is 17.5. The van der Waals surface area contributed by atoms with E-state index in [1.54, 1.807) is 0 Å². The highest BCUT2D eigenvalue weighted by Gasteiger charge is 1.99. The Morgan fingerprint density at radius 3 is 0.885 bits per heavy atom. The Morgan fingerprint density at radius 1 is 0.423 bits per heavy atom. The first kappa shape index (κ1) is 25.8. The van der Waals surface area contributed by atoms with Gasteiger partial charge in [0, 0.05) is 13.2 Å². The highest BCUT2D eigenvalue weighted by molar-refractivity contribution is 4.46. The second kappa shape index (κ2) is 21.1. The van der Waals surface area contributed by atoms with Crippen molar-refractivity contribution in [2.45, 2.75) is 40.5 Å². The van der Waals surface area contributed by atoms with E-state index < -0.39 is 0 Å². The summed E-state index contributed by atoms with van der Waals surface area (Å²) in [7, 11) is 0. The van der Waals surface area contributed by atoms with Gasteiger partial charge in [-0.2, -0.15) is 0 Å². The molecule has 0 saturated carbocycles. The van der Waals surface area contributed by atoms with E-state index in [2.05, 4.69) is 27.7 Å². The fourth-order valence-electron chi connectivity index (χ4n) is 1.80. The third-order valence-corrected chi connectivity index (χ3v) is 4.06.